The Kier molecular flexibility index (Phi) is 5.84. The zero-order chi connectivity index (χ0) is 19.4. The molecule has 2 aromatic rings. The van der Waals surface area contributed by atoms with Crippen LogP contribution in [0, 0.1) is 18.3 Å². The molecule has 3 heterocycles. The minimum atomic E-state index is -0.455. The number of aromatic nitrogens is 1. The number of carbonyl (C=O) groups is 2. The largest absolute Gasteiger partial charge is 0.465 e. The van der Waals surface area contributed by atoms with Gasteiger partial charge in [-0.25, -0.2) is 4.79 Å². The molecule has 2 aromatic heterocycles. The summed E-state index contributed by atoms with van der Waals surface area (Å²) in [5, 5.41) is 13.8. The molecule has 1 aliphatic heterocycles. The van der Waals surface area contributed by atoms with Gasteiger partial charge in [0.2, 0.25) is 5.91 Å². The summed E-state index contributed by atoms with van der Waals surface area (Å²) < 4.78 is 4.72. The van der Waals surface area contributed by atoms with Gasteiger partial charge in [-0.05, 0) is 35.9 Å². The molecule has 1 amide bonds. The van der Waals surface area contributed by atoms with Gasteiger partial charge in [0.05, 0.1) is 24.1 Å². The summed E-state index contributed by atoms with van der Waals surface area (Å²) in [6, 6.07) is 3.95. The van der Waals surface area contributed by atoms with E-state index in [1.807, 2.05) is 13.1 Å². The van der Waals surface area contributed by atoms with Gasteiger partial charge in [-0.1, -0.05) is 0 Å². The molecule has 0 bridgehead atoms. The van der Waals surface area contributed by atoms with E-state index in [1.54, 1.807) is 11.4 Å². The van der Waals surface area contributed by atoms with E-state index in [0.29, 0.717) is 35.6 Å². The van der Waals surface area contributed by atoms with Crippen LogP contribution in [0.2, 0.25) is 0 Å². The van der Waals surface area contributed by atoms with Gasteiger partial charge in [-0.15, -0.1) is 11.3 Å². The lowest BCUT2D eigenvalue weighted by Gasteiger charge is -2.29. The summed E-state index contributed by atoms with van der Waals surface area (Å²) in [4.78, 5) is 30.8. The van der Waals surface area contributed by atoms with E-state index in [9.17, 15) is 14.9 Å². The first kappa shape index (κ1) is 19.0. The molecule has 0 aromatic carbocycles. The number of nitrogens with zero attached hydrogens (tertiary/aromatic N) is 3. The molecule has 8 heteroatoms. The molecule has 0 atom stereocenters. The number of fused-ring (bicyclic) bond motifs is 1. The van der Waals surface area contributed by atoms with Crippen LogP contribution in [0.15, 0.2) is 17.6 Å². The molecule has 0 fully saturated rings. The number of aryl methyl sites for hydroxylation is 1. The minimum absolute atomic E-state index is 0.149. The van der Waals surface area contributed by atoms with E-state index in [0.717, 1.165) is 29.8 Å². The molecule has 1 aliphatic rings. The van der Waals surface area contributed by atoms with Gasteiger partial charge in [0.1, 0.15) is 10.9 Å². The highest BCUT2D eigenvalue weighted by atomic mass is 32.1. The van der Waals surface area contributed by atoms with E-state index < -0.39 is 5.97 Å². The number of pyridine rings is 1. The van der Waals surface area contributed by atoms with Crippen LogP contribution >= 0.6 is 11.3 Å². The standard InChI is InChI=1S/C19H20N4O3S/c1-12-15(9-20)14-3-6-23(11-13(14)10-21-12)7-4-17(24)22-16-5-8-27-18(16)19(25)26-2/h5,8,10H,3-4,6-7,11H2,1-2H3,(H,22,24). The number of methoxy groups -OCH3 is 1. The van der Waals surface area contributed by atoms with Crippen LogP contribution in [0.4, 0.5) is 5.69 Å². The molecule has 0 radical (unpaired) electrons. The number of anilines is 1. The topological polar surface area (TPSA) is 95.3 Å². The fraction of sp³-hybridized carbons (Fsp3) is 0.368. The minimum Gasteiger partial charge on any atom is -0.465 e. The molecule has 0 aliphatic carbocycles. The summed E-state index contributed by atoms with van der Waals surface area (Å²) in [7, 11) is 1.32. The number of hydrogen-bond acceptors (Lipinski definition) is 7. The highest BCUT2D eigenvalue weighted by Gasteiger charge is 2.21. The van der Waals surface area contributed by atoms with E-state index in [4.69, 9.17) is 4.74 Å². The fourth-order valence-electron chi connectivity index (χ4n) is 3.18. The van der Waals surface area contributed by atoms with Crippen molar-refractivity contribution in [3.8, 4) is 6.07 Å². The highest BCUT2D eigenvalue weighted by Crippen LogP contribution is 2.25. The fourth-order valence-corrected chi connectivity index (χ4v) is 3.94. The van der Waals surface area contributed by atoms with Gasteiger partial charge in [-0.3, -0.25) is 14.7 Å². The SMILES string of the molecule is COC(=O)c1sccc1NC(=O)CCN1CCc2c(cnc(C)c2C#N)C1. The third-order valence-electron chi connectivity index (χ3n) is 4.61. The highest BCUT2D eigenvalue weighted by molar-refractivity contribution is 7.12. The van der Waals surface area contributed by atoms with Crippen molar-refractivity contribution in [2.45, 2.75) is 26.3 Å². The Morgan fingerprint density at radius 3 is 3.04 bits per heavy atom. The predicted octanol–water partition coefficient (Wildman–Crippen LogP) is 2.50. The summed E-state index contributed by atoms with van der Waals surface area (Å²) in [5.41, 5.74) is 4.06. The van der Waals surface area contributed by atoms with Crippen molar-refractivity contribution in [1.82, 2.24) is 9.88 Å². The summed E-state index contributed by atoms with van der Waals surface area (Å²) in [6.45, 7) is 3.92. The van der Waals surface area contributed by atoms with E-state index in [-0.39, 0.29) is 5.91 Å². The number of ether oxygens (including phenoxy) is 1. The third-order valence-corrected chi connectivity index (χ3v) is 5.51. The van der Waals surface area contributed by atoms with Crippen LogP contribution < -0.4 is 5.32 Å². The number of hydrogen-bond donors (Lipinski definition) is 1. The van der Waals surface area contributed by atoms with Gasteiger partial charge in [-0.2, -0.15) is 5.26 Å². The Morgan fingerprint density at radius 1 is 1.48 bits per heavy atom. The van der Waals surface area contributed by atoms with Crippen LogP contribution in [0.25, 0.3) is 0 Å². The zero-order valence-electron chi connectivity index (χ0n) is 15.2. The quantitative estimate of drug-likeness (QED) is 0.796. The van der Waals surface area contributed by atoms with Gasteiger partial charge >= 0.3 is 5.97 Å². The molecule has 140 valence electrons. The molecule has 0 saturated carbocycles. The van der Waals surface area contributed by atoms with Crippen molar-refractivity contribution in [1.29, 1.82) is 5.26 Å². The van der Waals surface area contributed by atoms with E-state index >= 15 is 0 Å². The number of nitrogens with one attached hydrogen (secondary N) is 1. The maximum Gasteiger partial charge on any atom is 0.350 e. The molecule has 0 unspecified atom stereocenters. The summed E-state index contributed by atoms with van der Waals surface area (Å²) >= 11 is 1.23. The number of nitriles is 1. The van der Waals surface area contributed by atoms with Gasteiger partial charge in [0, 0.05) is 32.3 Å². The maximum absolute atomic E-state index is 12.3. The van der Waals surface area contributed by atoms with Crippen LogP contribution in [-0.2, 0) is 22.5 Å². The second-order valence-electron chi connectivity index (χ2n) is 6.31. The lowest BCUT2D eigenvalue weighted by molar-refractivity contribution is -0.116. The lowest BCUT2D eigenvalue weighted by Crippen LogP contribution is -2.33. The Hall–Kier alpha value is -2.76. The molecule has 0 spiro atoms. The molecule has 7 nitrogen and oxygen atoms in total. The Morgan fingerprint density at radius 2 is 2.30 bits per heavy atom. The van der Waals surface area contributed by atoms with Gasteiger partial charge < -0.3 is 10.1 Å². The van der Waals surface area contributed by atoms with Crippen molar-refractivity contribution < 1.29 is 14.3 Å². The zero-order valence-corrected chi connectivity index (χ0v) is 16.1. The second-order valence-corrected chi connectivity index (χ2v) is 7.23. The van der Waals surface area contributed by atoms with Crippen LogP contribution in [-0.4, -0.2) is 42.0 Å². The molecular formula is C19H20N4O3S. The first-order valence-electron chi connectivity index (χ1n) is 8.59. The Labute approximate surface area is 161 Å². The van der Waals surface area contributed by atoms with E-state index in [1.165, 1.54) is 18.4 Å². The van der Waals surface area contributed by atoms with Crippen molar-refractivity contribution in [3.05, 3.63) is 44.9 Å². The monoisotopic (exact) mass is 384 g/mol. The predicted molar refractivity (Wildman–Crippen MR) is 102 cm³/mol. The second kappa shape index (κ2) is 8.29. The van der Waals surface area contributed by atoms with Crippen LogP contribution in [0.3, 0.4) is 0 Å². The first-order valence-corrected chi connectivity index (χ1v) is 9.47. The number of carbonyl (C=O) groups excluding carboxylic acids is 2. The molecule has 27 heavy (non-hydrogen) atoms. The number of esters is 1. The molecule has 1 N–H and O–H groups in total. The first-order chi connectivity index (χ1) is 13.0. The third kappa shape index (κ3) is 4.15. The normalized spacial score (nSPS) is 13.5. The number of thiophene rings is 1. The average Bonchev–Trinajstić information content (AvgIpc) is 3.13. The molecular weight excluding hydrogens is 364 g/mol. The maximum atomic E-state index is 12.3. The van der Waals surface area contributed by atoms with Crippen molar-refractivity contribution in [2.24, 2.45) is 0 Å². The Balaban J connectivity index is 1.57. The smallest absolute Gasteiger partial charge is 0.350 e. The van der Waals surface area contributed by atoms with Crippen molar-refractivity contribution >= 4 is 28.9 Å². The van der Waals surface area contributed by atoms with Crippen molar-refractivity contribution in [3.63, 3.8) is 0 Å². The van der Waals surface area contributed by atoms with Crippen molar-refractivity contribution in [2.75, 3.05) is 25.5 Å². The van der Waals surface area contributed by atoms with Crippen LogP contribution in [0.1, 0.15) is 38.5 Å². The molecule has 3 rings (SSSR count). The van der Waals surface area contributed by atoms with E-state index in [2.05, 4.69) is 21.3 Å². The lowest BCUT2D eigenvalue weighted by atomic mass is 9.95. The Bertz CT molecular complexity index is 916. The van der Waals surface area contributed by atoms with Gasteiger partial charge in [0.25, 0.3) is 0 Å². The van der Waals surface area contributed by atoms with Crippen LogP contribution in [0.5, 0.6) is 0 Å². The number of amides is 1. The number of rotatable bonds is 5. The summed E-state index contributed by atoms with van der Waals surface area (Å²) in [6.07, 6.45) is 2.92. The molecule has 0 saturated heterocycles. The van der Waals surface area contributed by atoms with Gasteiger partial charge in [0.15, 0.2) is 0 Å². The average molecular weight is 384 g/mol. The summed E-state index contributed by atoms with van der Waals surface area (Å²) in [5.74, 6) is -0.604.